The average molecular weight is 355 g/mol. The Morgan fingerprint density at radius 2 is 1.95 bits per heavy atom. The minimum atomic E-state index is -0.614. The molecule has 0 bridgehead atoms. The van der Waals surface area contributed by atoms with Crippen LogP contribution in [0.25, 0.3) is 0 Å². The first kappa shape index (κ1) is 14.9. The highest BCUT2D eigenvalue weighted by molar-refractivity contribution is 9.10. The Kier molecular flexibility index (Phi) is 5.04. The first-order valence-corrected chi connectivity index (χ1v) is 7.21. The van der Waals surface area contributed by atoms with E-state index in [-0.39, 0.29) is 5.91 Å². The molecule has 0 spiro atoms. The molecule has 104 valence electrons. The molecule has 0 aromatic heterocycles. The van der Waals surface area contributed by atoms with Crippen molar-refractivity contribution in [3.05, 3.63) is 58.0 Å². The summed E-state index contributed by atoms with van der Waals surface area (Å²) in [6.45, 7) is 1.69. The van der Waals surface area contributed by atoms with E-state index >= 15 is 0 Å². The van der Waals surface area contributed by atoms with Crippen molar-refractivity contribution >= 4 is 39.1 Å². The molecule has 1 amide bonds. The molecule has 0 saturated carbocycles. The van der Waals surface area contributed by atoms with E-state index in [4.69, 9.17) is 16.3 Å². The Bertz CT molecular complexity index is 604. The fraction of sp³-hybridized carbons (Fsp3) is 0.133. The van der Waals surface area contributed by atoms with Crippen molar-refractivity contribution in [2.75, 3.05) is 5.32 Å². The Balaban J connectivity index is 2.01. The van der Waals surface area contributed by atoms with Crippen LogP contribution in [0.15, 0.2) is 53.0 Å². The van der Waals surface area contributed by atoms with Gasteiger partial charge in [-0.05, 0) is 37.3 Å². The number of carbonyl (C=O) groups is 1. The number of halogens is 2. The molecule has 0 heterocycles. The minimum absolute atomic E-state index is 0.252. The van der Waals surface area contributed by atoms with Gasteiger partial charge in [-0.25, -0.2) is 0 Å². The smallest absolute Gasteiger partial charge is 0.265 e. The van der Waals surface area contributed by atoms with Crippen LogP contribution in [0, 0.1) is 0 Å². The molecule has 3 nitrogen and oxygen atoms in total. The number of rotatable bonds is 4. The Morgan fingerprint density at radius 1 is 1.25 bits per heavy atom. The summed E-state index contributed by atoms with van der Waals surface area (Å²) in [5, 5.41) is 3.21. The summed E-state index contributed by atoms with van der Waals surface area (Å²) in [6.07, 6.45) is -0.614. The van der Waals surface area contributed by atoms with Crippen LogP contribution in [0.4, 0.5) is 5.69 Å². The Morgan fingerprint density at radius 3 is 2.60 bits per heavy atom. The zero-order chi connectivity index (χ0) is 14.5. The van der Waals surface area contributed by atoms with E-state index in [1.54, 1.807) is 31.2 Å². The van der Waals surface area contributed by atoms with Gasteiger partial charge in [0.2, 0.25) is 0 Å². The third kappa shape index (κ3) is 3.99. The first-order valence-electron chi connectivity index (χ1n) is 6.04. The number of para-hydroxylation sites is 1. The third-order valence-electron chi connectivity index (χ3n) is 2.61. The fourth-order valence-electron chi connectivity index (χ4n) is 1.58. The predicted octanol–water partition coefficient (Wildman–Crippen LogP) is 4.51. The summed E-state index contributed by atoms with van der Waals surface area (Å²) < 4.78 is 6.40. The van der Waals surface area contributed by atoms with E-state index in [1.165, 1.54) is 0 Å². The zero-order valence-electron chi connectivity index (χ0n) is 10.8. The van der Waals surface area contributed by atoms with Crippen LogP contribution in [0.3, 0.4) is 0 Å². The lowest BCUT2D eigenvalue weighted by Crippen LogP contribution is -2.30. The van der Waals surface area contributed by atoms with Crippen molar-refractivity contribution in [3.63, 3.8) is 0 Å². The van der Waals surface area contributed by atoms with Gasteiger partial charge in [0.15, 0.2) is 6.10 Å². The number of benzene rings is 2. The normalized spacial score (nSPS) is 11.8. The highest BCUT2D eigenvalue weighted by Gasteiger charge is 2.16. The van der Waals surface area contributed by atoms with E-state index in [9.17, 15) is 4.79 Å². The molecule has 0 aliphatic carbocycles. The van der Waals surface area contributed by atoms with Crippen molar-refractivity contribution < 1.29 is 9.53 Å². The molecule has 2 aromatic rings. The average Bonchev–Trinajstić information content (AvgIpc) is 2.43. The topological polar surface area (TPSA) is 38.3 Å². The second-order valence-electron chi connectivity index (χ2n) is 4.19. The van der Waals surface area contributed by atoms with E-state index in [0.717, 1.165) is 4.47 Å². The summed E-state index contributed by atoms with van der Waals surface area (Å²) in [5.74, 6) is 0.398. The van der Waals surface area contributed by atoms with Gasteiger partial charge in [-0.15, -0.1) is 0 Å². The summed E-state index contributed by atoms with van der Waals surface area (Å²) >= 11 is 9.37. The number of carbonyl (C=O) groups excluding carboxylic acids is 1. The molecule has 0 saturated heterocycles. The standard InChI is InChI=1S/C15H13BrClNO2/c1-10(20-12-5-3-2-4-6-12)15(19)18-14-8-7-11(16)9-13(14)17/h2-10H,1H3,(H,18,19)/t10-/m0/s1. The fourth-order valence-corrected chi connectivity index (χ4v) is 2.30. The summed E-state index contributed by atoms with van der Waals surface area (Å²) in [5.41, 5.74) is 0.559. The number of ether oxygens (including phenoxy) is 1. The number of hydrogen-bond donors (Lipinski definition) is 1. The molecule has 0 aliphatic rings. The molecule has 0 fully saturated rings. The van der Waals surface area contributed by atoms with Gasteiger partial charge in [0.1, 0.15) is 5.75 Å². The van der Waals surface area contributed by atoms with Crippen LogP contribution in [0.2, 0.25) is 5.02 Å². The van der Waals surface area contributed by atoms with Crippen LogP contribution in [-0.4, -0.2) is 12.0 Å². The van der Waals surface area contributed by atoms with Crippen LogP contribution in [0.5, 0.6) is 5.75 Å². The van der Waals surface area contributed by atoms with Gasteiger partial charge in [0, 0.05) is 4.47 Å². The molecular formula is C15H13BrClNO2. The second-order valence-corrected chi connectivity index (χ2v) is 5.51. The van der Waals surface area contributed by atoms with E-state index < -0.39 is 6.10 Å². The lowest BCUT2D eigenvalue weighted by atomic mass is 10.3. The Hall–Kier alpha value is -1.52. The van der Waals surface area contributed by atoms with E-state index in [0.29, 0.717) is 16.5 Å². The van der Waals surface area contributed by atoms with Gasteiger partial charge in [0.25, 0.3) is 5.91 Å². The molecule has 2 rings (SSSR count). The van der Waals surface area contributed by atoms with Gasteiger partial charge in [0.05, 0.1) is 10.7 Å². The number of anilines is 1. The van der Waals surface area contributed by atoms with Crippen molar-refractivity contribution in [3.8, 4) is 5.75 Å². The SMILES string of the molecule is C[C@H](Oc1ccccc1)C(=O)Nc1ccc(Br)cc1Cl. The predicted molar refractivity (Wildman–Crippen MR) is 84.3 cm³/mol. The molecule has 20 heavy (non-hydrogen) atoms. The lowest BCUT2D eigenvalue weighted by Gasteiger charge is -2.15. The van der Waals surface area contributed by atoms with Crippen molar-refractivity contribution in [1.82, 2.24) is 0 Å². The quantitative estimate of drug-likeness (QED) is 0.877. The molecule has 1 atom stereocenters. The highest BCUT2D eigenvalue weighted by atomic mass is 79.9. The third-order valence-corrected chi connectivity index (χ3v) is 3.42. The van der Waals surface area contributed by atoms with E-state index in [2.05, 4.69) is 21.2 Å². The molecule has 0 aliphatic heterocycles. The summed E-state index contributed by atoms with van der Waals surface area (Å²) in [7, 11) is 0. The van der Waals surface area contributed by atoms with Gasteiger partial charge in [-0.1, -0.05) is 45.7 Å². The number of hydrogen-bond acceptors (Lipinski definition) is 2. The van der Waals surface area contributed by atoms with Crippen LogP contribution >= 0.6 is 27.5 Å². The molecule has 0 unspecified atom stereocenters. The maximum atomic E-state index is 12.0. The number of nitrogens with one attached hydrogen (secondary N) is 1. The second kappa shape index (κ2) is 6.77. The van der Waals surface area contributed by atoms with Gasteiger partial charge in [-0.3, -0.25) is 4.79 Å². The molecule has 5 heteroatoms. The van der Waals surface area contributed by atoms with Crippen LogP contribution < -0.4 is 10.1 Å². The van der Waals surface area contributed by atoms with Gasteiger partial charge < -0.3 is 10.1 Å². The molecule has 1 N–H and O–H groups in total. The first-order chi connectivity index (χ1) is 9.56. The maximum Gasteiger partial charge on any atom is 0.265 e. The van der Waals surface area contributed by atoms with E-state index in [1.807, 2.05) is 24.3 Å². The summed E-state index contributed by atoms with van der Waals surface area (Å²) in [6, 6.07) is 14.5. The van der Waals surface area contributed by atoms with Crippen molar-refractivity contribution in [1.29, 1.82) is 0 Å². The Labute approximate surface area is 131 Å². The zero-order valence-corrected chi connectivity index (χ0v) is 13.1. The summed E-state index contributed by atoms with van der Waals surface area (Å²) in [4.78, 5) is 12.0. The minimum Gasteiger partial charge on any atom is -0.481 e. The van der Waals surface area contributed by atoms with Crippen LogP contribution in [-0.2, 0) is 4.79 Å². The molecular weight excluding hydrogens is 342 g/mol. The largest absolute Gasteiger partial charge is 0.481 e. The van der Waals surface area contributed by atoms with Crippen molar-refractivity contribution in [2.45, 2.75) is 13.0 Å². The van der Waals surface area contributed by atoms with Crippen LogP contribution in [0.1, 0.15) is 6.92 Å². The van der Waals surface area contributed by atoms with Crippen molar-refractivity contribution in [2.24, 2.45) is 0 Å². The van der Waals surface area contributed by atoms with Gasteiger partial charge >= 0.3 is 0 Å². The highest BCUT2D eigenvalue weighted by Crippen LogP contribution is 2.25. The molecule has 2 aromatic carbocycles. The molecule has 0 radical (unpaired) electrons. The van der Waals surface area contributed by atoms with Gasteiger partial charge in [-0.2, -0.15) is 0 Å². The maximum absolute atomic E-state index is 12.0. The number of amides is 1. The monoisotopic (exact) mass is 353 g/mol. The lowest BCUT2D eigenvalue weighted by molar-refractivity contribution is -0.122.